The molecule has 2 rings (SSSR count). The molecule has 0 spiro atoms. The molecule has 1 aromatic heterocycles. The number of benzene rings is 1. The molecule has 0 aliphatic carbocycles. The SMILES string of the molecule is CNc1cc(NCCc2ccccc2C)nc(C(C)C)n1. The molecule has 0 bridgehead atoms. The first-order chi connectivity index (χ1) is 10.1. The summed E-state index contributed by atoms with van der Waals surface area (Å²) in [6, 6.07) is 10.4. The van der Waals surface area contributed by atoms with Crippen molar-refractivity contribution in [3.05, 3.63) is 47.3 Å². The predicted octanol–water partition coefficient (Wildman–Crippen LogP) is 3.60. The van der Waals surface area contributed by atoms with Gasteiger partial charge in [0.2, 0.25) is 0 Å². The van der Waals surface area contributed by atoms with Crippen LogP contribution in [0.15, 0.2) is 30.3 Å². The molecule has 0 saturated heterocycles. The zero-order valence-electron chi connectivity index (χ0n) is 13.3. The molecule has 112 valence electrons. The van der Waals surface area contributed by atoms with Crippen LogP contribution < -0.4 is 10.6 Å². The minimum Gasteiger partial charge on any atom is -0.373 e. The van der Waals surface area contributed by atoms with Gasteiger partial charge in [-0.1, -0.05) is 38.1 Å². The first-order valence-electron chi connectivity index (χ1n) is 7.45. The molecule has 0 fully saturated rings. The Balaban J connectivity index is 2.03. The zero-order chi connectivity index (χ0) is 15.2. The van der Waals surface area contributed by atoms with E-state index in [2.05, 4.69) is 65.6 Å². The Morgan fingerprint density at radius 1 is 1.10 bits per heavy atom. The number of rotatable bonds is 6. The van der Waals surface area contributed by atoms with Gasteiger partial charge in [-0.15, -0.1) is 0 Å². The summed E-state index contributed by atoms with van der Waals surface area (Å²) in [4.78, 5) is 9.04. The first-order valence-corrected chi connectivity index (χ1v) is 7.45. The Labute approximate surface area is 127 Å². The van der Waals surface area contributed by atoms with Gasteiger partial charge in [0.15, 0.2) is 0 Å². The standard InChI is InChI=1S/C17H24N4/c1-12(2)17-20-15(18-4)11-16(21-17)19-10-9-14-8-6-5-7-13(14)3/h5-8,11-12H,9-10H2,1-4H3,(H2,18,19,20,21). The largest absolute Gasteiger partial charge is 0.373 e. The highest BCUT2D eigenvalue weighted by atomic mass is 15.1. The third-order valence-electron chi connectivity index (χ3n) is 3.48. The summed E-state index contributed by atoms with van der Waals surface area (Å²) in [6.45, 7) is 7.22. The first kappa shape index (κ1) is 15.3. The summed E-state index contributed by atoms with van der Waals surface area (Å²) in [7, 11) is 1.88. The van der Waals surface area contributed by atoms with Crippen LogP contribution in [0, 0.1) is 6.92 Å². The van der Waals surface area contributed by atoms with E-state index >= 15 is 0 Å². The van der Waals surface area contributed by atoms with Crippen molar-refractivity contribution in [1.82, 2.24) is 9.97 Å². The van der Waals surface area contributed by atoms with E-state index in [1.807, 2.05) is 13.1 Å². The summed E-state index contributed by atoms with van der Waals surface area (Å²) < 4.78 is 0. The Hall–Kier alpha value is -2.10. The molecule has 0 unspecified atom stereocenters. The van der Waals surface area contributed by atoms with Gasteiger partial charge in [-0.3, -0.25) is 0 Å². The van der Waals surface area contributed by atoms with E-state index in [-0.39, 0.29) is 0 Å². The lowest BCUT2D eigenvalue weighted by Crippen LogP contribution is -2.10. The average Bonchev–Trinajstić information content (AvgIpc) is 2.49. The zero-order valence-corrected chi connectivity index (χ0v) is 13.3. The maximum atomic E-state index is 4.57. The van der Waals surface area contributed by atoms with E-state index in [1.54, 1.807) is 0 Å². The summed E-state index contributed by atoms with van der Waals surface area (Å²) in [5, 5.41) is 6.49. The van der Waals surface area contributed by atoms with Gasteiger partial charge >= 0.3 is 0 Å². The number of hydrogen-bond acceptors (Lipinski definition) is 4. The van der Waals surface area contributed by atoms with Crippen LogP contribution in [0.3, 0.4) is 0 Å². The monoisotopic (exact) mass is 284 g/mol. The van der Waals surface area contributed by atoms with Gasteiger partial charge in [0, 0.05) is 25.6 Å². The van der Waals surface area contributed by atoms with E-state index in [0.29, 0.717) is 5.92 Å². The van der Waals surface area contributed by atoms with E-state index in [0.717, 1.165) is 30.4 Å². The van der Waals surface area contributed by atoms with Crippen LogP contribution in [-0.2, 0) is 6.42 Å². The molecule has 0 atom stereocenters. The fourth-order valence-corrected chi connectivity index (χ4v) is 2.16. The summed E-state index contributed by atoms with van der Waals surface area (Å²) in [5.41, 5.74) is 2.71. The van der Waals surface area contributed by atoms with Crippen LogP contribution in [0.5, 0.6) is 0 Å². The van der Waals surface area contributed by atoms with Crippen molar-refractivity contribution in [3.8, 4) is 0 Å². The summed E-state index contributed by atoms with van der Waals surface area (Å²) >= 11 is 0. The van der Waals surface area contributed by atoms with Gasteiger partial charge in [0.05, 0.1) is 0 Å². The number of nitrogens with one attached hydrogen (secondary N) is 2. The Morgan fingerprint density at radius 2 is 1.81 bits per heavy atom. The molecule has 0 radical (unpaired) electrons. The number of aryl methyl sites for hydroxylation is 1. The van der Waals surface area contributed by atoms with Crippen LogP contribution >= 0.6 is 0 Å². The molecule has 0 amide bonds. The summed E-state index contributed by atoms with van der Waals surface area (Å²) in [6.07, 6.45) is 0.989. The highest BCUT2D eigenvalue weighted by molar-refractivity contribution is 5.47. The molecule has 0 aliphatic rings. The normalized spacial score (nSPS) is 10.7. The minimum absolute atomic E-state index is 0.315. The molecule has 1 heterocycles. The average molecular weight is 284 g/mol. The fourth-order valence-electron chi connectivity index (χ4n) is 2.16. The lowest BCUT2D eigenvalue weighted by molar-refractivity contribution is 0.775. The summed E-state index contributed by atoms with van der Waals surface area (Å²) in [5.74, 6) is 2.91. The number of nitrogens with zero attached hydrogens (tertiary/aromatic N) is 2. The van der Waals surface area contributed by atoms with Crippen molar-refractivity contribution in [2.24, 2.45) is 0 Å². The van der Waals surface area contributed by atoms with E-state index in [4.69, 9.17) is 0 Å². The van der Waals surface area contributed by atoms with E-state index < -0.39 is 0 Å². The van der Waals surface area contributed by atoms with E-state index in [9.17, 15) is 0 Å². The molecule has 1 aromatic carbocycles. The van der Waals surface area contributed by atoms with Crippen LogP contribution in [0.4, 0.5) is 11.6 Å². The second kappa shape index (κ2) is 7.07. The second-order valence-corrected chi connectivity index (χ2v) is 5.50. The van der Waals surface area contributed by atoms with Gasteiger partial charge < -0.3 is 10.6 Å². The molecule has 21 heavy (non-hydrogen) atoms. The van der Waals surface area contributed by atoms with Crippen molar-refractivity contribution in [2.45, 2.75) is 33.1 Å². The number of aromatic nitrogens is 2. The third-order valence-corrected chi connectivity index (χ3v) is 3.48. The maximum Gasteiger partial charge on any atom is 0.135 e. The van der Waals surface area contributed by atoms with Gasteiger partial charge in [-0.2, -0.15) is 0 Å². The Bertz CT molecular complexity index is 593. The Morgan fingerprint density at radius 3 is 2.48 bits per heavy atom. The predicted molar refractivity (Wildman–Crippen MR) is 89.0 cm³/mol. The molecular formula is C17H24N4. The Kier molecular flexibility index (Phi) is 5.14. The lowest BCUT2D eigenvalue weighted by Gasteiger charge is -2.12. The van der Waals surface area contributed by atoms with Gasteiger partial charge in [-0.05, 0) is 24.5 Å². The topological polar surface area (TPSA) is 49.8 Å². The van der Waals surface area contributed by atoms with Crippen molar-refractivity contribution in [2.75, 3.05) is 24.2 Å². The smallest absolute Gasteiger partial charge is 0.135 e. The molecule has 0 saturated carbocycles. The fraction of sp³-hybridized carbons (Fsp3) is 0.412. The van der Waals surface area contributed by atoms with E-state index in [1.165, 1.54) is 11.1 Å². The van der Waals surface area contributed by atoms with Crippen LogP contribution in [0.2, 0.25) is 0 Å². The van der Waals surface area contributed by atoms with Crippen molar-refractivity contribution < 1.29 is 0 Å². The van der Waals surface area contributed by atoms with Crippen LogP contribution in [-0.4, -0.2) is 23.6 Å². The lowest BCUT2D eigenvalue weighted by atomic mass is 10.1. The quantitative estimate of drug-likeness (QED) is 0.851. The van der Waals surface area contributed by atoms with Gasteiger partial charge in [0.1, 0.15) is 17.5 Å². The van der Waals surface area contributed by atoms with Gasteiger partial charge in [0.25, 0.3) is 0 Å². The number of anilines is 2. The molecule has 0 aliphatic heterocycles. The van der Waals surface area contributed by atoms with Crippen LogP contribution in [0.25, 0.3) is 0 Å². The maximum absolute atomic E-state index is 4.57. The highest BCUT2D eigenvalue weighted by Gasteiger charge is 2.07. The van der Waals surface area contributed by atoms with Crippen molar-refractivity contribution in [1.29, 1.82) is 0 Å². The number of hydrogen-bond donors (Lipinski definition) is 2. The molecule has 4 heteroatoms. The second-order valence-electron chi connectivity index (χ2n) is 5.50. The molecule has 4 nitrogen and oxygen atoms in total. The van der Waals surface area contributed by atoms with Crippen molar-refractivity contribution >= 4 is 11.6 Å². The molecule has 2 aromatic rings. The minimum atomic E-state index is 0.315. The molecular weight excluding hydrogens is 260 g/mol. The van der Waals surface area contributed by atoms with Crippen LogP contribution in [0.1, 0.15) is 36.7 Å². The van der Waals surface area contributed by atoms with Crippen molar-refractivity contribution in [3.63, 3.8) is 0 Å². The van der Waals surface area contributed by atoms with Gasteiger partial charge in [-0.25, -0.2) is 9.97 Å². The highest BCUT2D eigenvalue weighted by Crippen LogP contribution is 2.17. The molecule has 2 N–H and O–H groups in total. The third kappa shape index (κ3) is 4.18.